The van der Waals surface area contributed by atoms with Gasteiger partial charge in [-0.15, -0.1) is 0 Å². The summed E-state index contributed by atoms with van der Waals surface area (Å²) in [7, 11) is 0. The van der Waals surface area contributed by atoms with E-state index in [9.17, 15) is 4.79 Å². The number of likely N-dealkylation sites (tertiary alicyclic amines) is 1. The quantitative estimate of drug-likeness (QED) is 0.679. The highest BCUT2D eigenvalue weighted by Gasteiger charge is 2.32. The molecule has 1 fully saturated rings. The highest BCUT2D eigenvalue weighted by atomic mass is 16.4. The fraction of sp³-hybridized carbons (Fsp3) is 0.938. The van der Waals surface area contributed by atoms with Crippen LogP contribution in [0.15, 0.2) is 0 Å². The second-order valence-electron chi connectivity index (χ2n) is 6.58. The van der Waals surface area contributed by atoms with Crippen LogP contribution in [0.25, 0.3) is 0 Å². The van der Waals surface area contributed by atoms with Crippen LogP contribution in [-0.2, 0) is 4.79 Å². The molecule has 0 radical (unpaired) electrons. The monoisotopic (exact) mass is 269 g/mol. The fourth-order valence-electron chi connectivity index (χ4n) is 3.05. The molecule has 1 N–H and O–H groups in total. The van der Waals surface area contributed by atoms with Gasteiger partial charge in [0, 0.05) is 5.54 Å². The van der Waals surface area contributed by atoms with Crippen molar-refractivity contribution < 1.29 is 9.90 Å². The third-order valence-corrected chi connectivity index (χ3v) is 4.59. The molecule has 1 aliphatic heterocycles. The topological polar surface area (TPSA) is 40.5 Å². The van der Waals surface area contributed by atoms with Gasteiger partial charge in [0.25, 0.3) is 0 Å². The van der Waals surface area contributed by atoms with Gasteiger partial charge in [-0.1, -0.05) is 39.0 Å². The van der Waals surface area contributed by atoms with Crippen LogP contribution >= 0.6 is 0 Å². The van der Waals surface area contributed by atoms with Crippen LogP contribution in [0.2, 0.25) is 0 Å². The Hall–Kier alpha value is -0.570. The van der Waals surface area contributed by atoms with E-state index in [4.69, 9.17) is 5.11 Å². The molecule has 0 atom stereocenters. The lowest BCUT2D eigenvalue weighted by Crippen LogP contribution is -2.48. The Balaban J connectivity index is 2.27. The summed E-state index contributed by atoms with van der Waals surface area (Å²) >= 11 is 0. The molecule has 0 bridgehead atoms. The molecular formula is C16H31NO2. The van der Waals surface area contributed by atoms with Gasteiger partial charge in [0.05, 0.1) is 5.92 Å². The van der Waals surface area contributed by atoms with Crippen LogP contribution in [0, 0.1) is 5.92 Å². The molecule has 0 unspecified atom stereocenters. The SMILES string of the molecule is CCCCCCCC(C)(C)N1CCC(C(=O)O)CC1. The minimum atomic E-state index is -0.614. The van der Waals surface area contributed by atoms with Gasteiger partial charge >= 0.3 is 5.97 Å². The average molecular weight is 269 g/mol. The van der Waals surface area contributed by atoms with E-state index in [2.05, 4.69) is 25.7 Å². The molecule has 0 aromatic rings. The molecule has 1 rings (SSSR count). The third-order valence-electron chi connectivity index (χ3n) is 4.59. The van der Waals surface area contributed by atoms with E-state index >= 15 is 0 Å². The molecule has 0 amide bonds. The number of unbranched alkanes of at least 4 members (excludes halogenated alkanes) is 4. The Morgan fingerprint density at radius 1 is 1.16 bits per heavy atom. The van der Waals surface area contributed by atoms with E-state index < -0.39 is 5.97 Å². The Labute approximate surface area is 118 Å². The summed E-state index contributed by atoms with van der Waals surface area (Å²) in [4.78, 5) is 13.5. The van der Waals surface area contributed by atoms with Gasteiger partial charge in [-0.05, 0) is 46.2 Å². The molecule has 0 spiro atoms. The molecule has 1 aliphatic rings. The maximum absolute atomic E-state index is 11.0. The zero-order chi connectivity index (χ0) is 14.3. The van der Waals surface area contributed by atoms with Gasteiger partial charge in [-0.25, -0.2) is 0 Å². The minimum absolute atomic E-state index is 0.114. The van der Waals surface area contributed by atoms with E-state index in [1.54, 1.807) is 0 Å². The molecule has 112 valence electrons. The van der Waals surface area contributed by atoms with Crippen LogP contribution in [0.3, 0.4) is 0 Å². The van der Waals surface area contributed by atoms with Crippen molar-refractivity contribution in [1.82, 2.24) is 4.90 Å². The van der Waals surface area contributed by atoms with Crippen LogP contribution in [0.4, 0.5) is 0 Å². The van der Waals surface area contributed by atoms with Gasteiger partial charge in [-0.2, -0.15) is 0 Å². The molecule has 0 aromatic carbocycles. The lowest BCUT2D eigenvalue weighted by atomic mass is 9.89. The number of carboxylic acids is 1. The first-order valence-electron chi connectivity index (χ1n) is 7.95. The van der Waals surface area contributed by atoms with Gasteiger partial charge in [-0.3, -0.25) is 9.69 Å². The molecule has 3 heteroatoms. The second-order valence-corrected chi connectivity index (χ2v) is 6.58. The molecule has 3 nitrogen and oxygen atoms in total. The summed E-state index contributed by atoms with van der Waals surface area (Å²) in [6.45, 7) is 8.76. The molecule has 1 saturated heterocycles. The number of rotatable bonds is 8. The number of hydrogen-bond donors (Lipinski definition) is 1. The van der Waals surface area contributed by atoms with Gasteiger partial charge in [0.1, 0.15) is 0 Å². The van der Waals surface area contributed by atoms with E-state index in [0.717, 1.165) is 25.9 Å². The van der Waals surface area contributed by atoms with Crippen molar-refractivity contribution in [3.63, 3.8) is 0 Å². The summed E-state index contributed by atoms with van der Waals surface area (Å²) in [5.74, 6) is -0.728. The van der Waals surface area contributed by atoms with Gasteiger partial charge in [0.2, 0.25) is 0 Å². The molecule has 1 heterocycles. The van der Waals surface area contributed by atoms with E-state index in [1.165, 1.54) is 38.5 Å². The van der Waals surface area contributed by atoms with E-state index in [0.29, 0.717) is 0 Å². The maximum atomic E-state index is 11.0. The number of carboxylic acid groups (broad SMARTS) is 1. The maximum Gasteiger partial charge on any atom is 0.306 e. The van der Waals surface area contributed by atoms with E-state index in [-0.39, 0.29) is 11.5 Å². The predicted molar refractivity (Wildman–Crippen MR) is 79.4 cm³/mol. The first-order chi connectivity index (χ1) is 8.97. The number of nitrogens with zero attached hydrogens (tertiary/aromatic N) is 1. The summed E-state index contributed by atoms with van der Waals surface area (Å²) in [5, 5.41) is 9.03. The number of aliphatic carboxylic acids is 1. The first kappa shape index (κ1) is 16.5. The summed E-state index contributed by atoms with van der Waals surface area (Å²) < 4.78 is 0. The lowest BCUT2D eigenvalue weighted by Gasteiger charge is -2.42. The van der Waals surface area contributed by atoms with Crippen molar-refractivity contribution in [1.29, 1.82) is 0 Å². The highest BCUT2D eigenvalue weighted by Crippen LogP contribution is 2.28. The smallest absolute Gasteiger partial charge is 0.306 e. The predicted octanol–water partition coefficient (Wildman–Crippen LogP) is 3.92. The van der Waals surface area contributed by atoms with E-state index in [1.807, 2.05) is 0 Å². The number of piperidine rings is 1. The number of hydrogen-bond acceptors (Lipinski definition) is 2. The molecule has 0 aliphatic carbocycles. The van der Waals surface area contributed by atoms with Crippen molar-refractivity contribution in [2.45, 2.75) is 77.7 Å². The van der Waals surface area contributed by atoms with Crippen LogP contribution in [0.5, 0.6) is 0 Å². The lowest BCUT2D eigenvalue weighted by molar-refractivity contribution is -0.143. The fourth-order valence-corrected chi connectivity index (χ4v) is 3.05. The average Bonchev–Trinajstić information content (AvgIpc) is 2.38. The summed E-state index contributed by atoms with van der Waals surface area (Å²) in [6.07, 6.45) is 9.50. The zero-order valence-electron chi connectivity index (χ0n) is 13.0. The third kappa shape index (κ3) is 5.52. The zero-order valence-corrected chi connectivity index (χ0v) is 13.0. The standard InChI is InChI=1S/C16H31NO2/c1-4-5-6-7-8-11-16(2,3)17-12-9-14(10-13-17)15(18)19/h14H,4-13H2,1-3H3,(H,18,19). The van der Waals surface area contributed by atoms with Crippen molar-refractivity contribution in [3.05, 3.63) is 0 Å². The highest BCUT2D eigenvalue weighted by molar-refractivity contribution is 5.70. The van der Waals surface area contributed by atoms with Gasteiger partial charge in [0.15, 0.2) is 0 Å². The summed E-state index contributed by atoms with van der Waals surface area (Å²) in [6, 6.07) is 0. The molecule has 19 heavy (non-hydrogen) atoms. The summed E-state index contributed by atoms with van der Waals surface area (Å²) in [5.41, 5.74) is 0.232. The van der Waals surface area contributed by atoms with Crippen LogP contribution in [-0.4, -0.2) is 34.6 Å². The number of carbonyl (C=O) groups is 1. The molecule has 0 aromatic heterocycles. The molecule has 0 saturated carbocycles. The molecular weight excluding hydrogens is 238 g/mol. The van der Waals surface area contributed by atoms with Crippen molar-refractivity contribution in [2.24, 2.45) is 5.92 Å². The van der Waals surface area contributed by atoms with Crippen molar-refractivity contribution in [3.8, 4) is 0 Å². The van der Waals surface area contributed by atoms with Crippen molar-refractivity contribution >= 4 is 5.97 Å². The normalized spacial score (nSPS) is 18.7. The van der Waals surface area contributed by atoms with Crippen molar-refractivity contribution in [2.75, 3.05) is 13.1 Å². The Kier molecular flexibility index (Phi) is 6.84. The Morgan fingerprint density at radius 2 is 1.74 bits per heavy atom. The van der Waals surface area contributed by atoms with Crippen LogP contribution < -0.4 is 0 Å². The largest absolute Gasteiger partial charge is 0.481 e. The second kappa shape index (κ2) is 7.88. The van der Waals surface area contributed by atoms with Gasteiger partial charge < -0.3 is 5.11 Å². The minimum Gasteiger partial charge on any atom is -0.481 e. The Bertz CT molecular complexity index is 268. The first-order valence-corrected chi connectivity index (χ1v) is 7.95. The Morgan fingerprint density at radius 3 is 2.26 bits per heavy atom. The van der Waals surface area contributed by atoms with Crippen LogP contribution in [0.1, 0.15) is 72.1 Å².